The summed E-state index contributed by atoms with van der Waals surface area (Å²) in [5.74, 6) is 1.22. The molecule has 0 bridgehead atoms. The fraction of sp³-hybridized carbons (Fsp3) is 0.250. The number of thioether (sulfide) groups is 1. The number of nitrogens with one attached hydrogen (secondary N) is 1. The third kappa shape index (κ3) is 3.83. The number of aryl methyl sites for hydroxylation is 2. The van der Waals surface area contributed by atoms with Crippen LogP contribution in [-0.4, -0.2) is 26.5 Å². The molecule has 1 unspecified atom stereocenters. The van der Waals surface area contributed by atoms with Crippen LogP contribution in [-0.2, 0) is 4.79 Å². The van der Waals surface area contributed by atoms with E-state index in [2.05, 4.69) is 20.7 Å². The summed E-state index contributed by atoms with van der Waals surface area (Å²) in [4.78, 5) is 12.1. The molecular formula is C16H16N4O3S. The summed E-state index contributed by atoms with van der Waals surface area (Å²) in [6.45, 7) is 5.52. The van der Waals surface area contributed by atoms with E-state index in [9.17, 15) is 4.79 Å². The Bertz CT molecular complexity index is 841. The highest BCUT2D eigenvalue weighted by molar-refractivity contribution is 8.00. The second kappa shape index (κ2) is 6.88. The predicted octanol–water partition coefficient (Wildman–Crippen LogP) is 3.46. The average molecular weight is 344 g/mol. The summed E-state index contributed by atoms with van der Waals surface area (Å²) in [5, 5.41) is 14.3. The fourth-order valence-corrected chi connectivity index (χ4v) is 2.61. The van der Waals surface area contributed by atoms with Crippen molar-refractivity contribution >= 4 is 23.5 Å². The molecule has 0 aliphatic carbocycles. The lowest BCUT2D eigenvalue weighted by molar-refractivity contribution is -0.115. The summed E-state index contributed by atoms with van der Waals surface area (Å²) < 4.78 is 10.5. The van der Waals surface area contributed by atoms with Gasteiger partial charge in [0, 0.05) is 11.6 Å². The van der Waals surface area contributed by atoms with Gasteiger partial charge in [-0.25, -0.2) is 0 Å². The molecule has 124 valence electrons. The first kappa shape index (κ1) is 16.3. The van der Waals surface area contributed by atoms with Crippen molar-refractivity contribution in [2.75, 3.05) is 5.32 Å². The van der Waals surface area contributed by atoms with Gasteiger partial charge in [-0.05, 0) is 32.9 Å². The van der Waals surface area contributed by atoms with Gasteiger partial charge in [0.1, 0.15) is 5.76 Å². The number of aromatic nitrogens is 3. The van der Waals surface area contributed by atoms with Crippen LogP contribution in [0.15, 0.2) is 44.5 Å². The van der Waals surface area contributed by atoms with Crippen molar-refractivity contribution in [1.82, 2.24) is 15.4 Å². The highest BCUT2D eigenvalue weighted by atomic mass is 32.2. The summed E-state index contributed by atoms with van der Waals surface area (Å²) in [7, 11) is 0. The average Bonchev–Trinajstić information content (AvgIpc) is 3.17. The number of anilines is 1. The highest BCUT2D eigenvalue weighted by Crippen LogP contribution is 2.26. The molecule has 24 heavy (non-hydrogen) atoms. The molecule has 7 nitrogen and oxygen atoms in total. The zero-order valence-electron chi connectivity index (χ0n) is 13.4. The molecule has 0 aliphatic heterocycles. The molecule has 0 fully saturated rings. The molecular weight excluding hydrogens is 328 g/mol. The van der Waals surface area contributed by atoms with E-state index in [0.29, 0.717) is 22.7 Å². The molecule has 1 atom stereocenters. The molecule has 0 saturated carbocycles. The van der Waals surface area contributed by atoms with Gasteiger partial charge >= 0.3 is 0 Å². The first-order valence-electron chi connectivity index (χ1n) is 7.32. The Kier molecular flexibility index (Phi) is 4.66. The SMILES string of the molecule is Cc1ccc(-c2nnc(SC(C)C(=O)Nc3cc(C)on3)o2)cc1. The van der Waals surface area contributed by atoms with Crippen LogP contribution in [0.5, 0.6) is 0 Å². The van der Waals surface area contributed by atoms with Crippen LogP contribution in [0.2, 0.25) is 0 Å². The second-order valence-corrected chi connectivity index (χ2v) is 6.60. The fourth-order valence-electron chi connectivity index (χ4n) is 1.93. The van der Waals surface area contributed by atoms with Crippen LogP contribution in [0, 0.1) is 13.8 Å². The maximum absolute atomic E-state index is 12.1. The lowest BCUT2D eigenvalue weighted by Gasteiger charge is -2.06. The Morgan fingerprint density at radius 3 is 2.62 bits per heavy atom. The lowest BCUT2D eigenvalue weighted by Crippen LogP contribution is -2.22. The molecule has 1 N–H and O–H groups in total. The summed E-state index contributed by atoms with van der Waals surface area (Å²) in [5.41, 5.74) is 2.00. The van der Waals surface area contributed by atoms with E-state index in [1.807, 2.05) is 31.2 Å². The van der Waals surface area contributed by atoms with E-state index in [1.54, 1.807) is 19.9 Å². The van der Waals surface area contributed by atoms with E-state index in [-0.39, 0.29) is 5.91 Å². The monoisotopic (exact) mass is 344 g/mol. The van der Waals surface area contributed by atoms with E-state index >= 15 is 0 Å². The van der Waals surface area contributed by atoms with Crippen LogP contribution >= 0.6 is 11.8 Å². The van der Waals surface area contributed by atoms with Crippen molar-refractivity contribution in [2.45, 2.75) is 31.2 Å². The molecule has 0 saturated heterocycles. The Morgan fingerprint density at radius 1 is 1.21 bits per heavy atom. The number of hydrogen-bond acceptors (Lipinski definition) is 7. The Morgan fingerprint density at radius 2 is 1.96 bits per heavy atom. The number of hydrogen-bond donors (Lipinski definition) is 1. The molecule has 0 radical (unpaired) electrons. The van der Waals surface area contributed by atoms with Crippen LogP contribution in [0.1, 0.15) is 18.2 Å². The van der Waals surface area contributed by atoms with Crippen molar-refractivity contribution in [2.24, 2.45) is 0 Å². The molecule has 3 rings (SSSR count). The molecule has 0 aliphatic rings. The largest absolute Gasteiger partial charge is 0.411 e. The molecule has 0 spiro atoms. The third-order valence-electron chi connectivity index (χ3n) is 3.23. The number of rotatable bonds is 5. The minimum Gasteiger partial charge on any atom is -0.411 e. The minimum absolute atomic E-state index is 0.219. The van der Waals surface area contributed by atoms with E-state index in [4.69, 9.17) is 8.94 Å². The molecule has 2 aromatic heterocycles. The van der Waals surface area contributed by atoms with Crippen molar-refractivity contribution in [3.8, 4) is 11.5 Å². The van der Waals surface area contributed by atoms with Crippen LogP contribution in [0.25, 0.3) is 11.5 Å². The Labute approximate surface area is 142 Å². The maximum atomic E-state index is 12.1. The lowest BCUT2D eigenvalue weighted by atomic mass is 10.1. The molecule has 2 heterocycles. The van der Waals surface area contributed by atoms with Gasteiger partial charge in [0.15, 0.2) is 5.82 Å². The van der Waals surface area contributed by atoms with Crippen molar-refractivity contribution in [3.05, 3.63) is 41.7 Å². The number of amides is 1. The molecule has 3 aromatic rings. The Balaban J connectivity index is 1.63. The topological polar surface area (TPSA) is 94.1 Å². The minimum atomic E-state index is -0.423. The number of carbonyl (C=O) groups excluding carboxylic acids is 1. The third-order valence-corrected chi connectivity index (χ3v) is 4.17. The summed E-state index contributed by atoms with van der Waals surface area (Å²) in [6.07, 6.45) is 0. The highest BCUT2D eigenvalue weighted by Gasteiger charge is 2.19. The van der Waals surface area contributed by atoms with Crippen molar-refractivity contribution < 1.29 is 13.7 Å². The van der Waals surface area contributed by atoms with Gasteiger partial charge in [-0.15, -0.1) is 10.2 Å². The van der Waals surface area contributed by atoms with E-state index in [0.717, 1.165) is 11.1 Å². The second-order valence-electron chi connectivity index (χ2n) is 5.31. The summed E-state index contributed by atoms with van der Waals surface area (Å²) >= 11 is 1.19. The van der Waals surface area contributed by atoms with E-state index in [1.165, 1.54) is 11.8 Å². The maximum Gasteiger partial charge on any atom is 0.277 e. The number of carbonyl (C=O) groups is 1. The van der Waals surface area contributed by atoms with Crippen LogP contribution in [0.4, 0.5) is 5.82 Å². The van der Waals surface area contributed by atoms with E-state index < -0.39 is 5.25 Å². The van der Waals surface area contributed by atoms with Gasteiger partial charge in [-0.3, -0.25) is 4.79 Å². The normalized spacial score (nSPS) is 12.1. The molecule has 8 heteroatoms. The van der Waals surface area contributed by atoms with Gasteiger partial charge in [0.25, 0.3) is 5.22 Å². The van der Waals surface area contributed by atoms with Crippen molar-refractivity contribution in [3.63, 3.8) is 0 Å². The zero-order valence-corrected chi connectivity index (χ0v) is 14.3. The standard InChI is InChI=1S/C16H16N4O3S/c1-9-4-6-12(7-5-9)15-18-19-16(22-15)24-11(3)14(21)17-13-8-10(2)23-20-13/h4-8,11H,1-3H3,(H,17,20,21). The van der Waals surface area contributed by atoms with Gasteiger partial charge in [-0.1, -0.05) is 34.6 Å². The zero-order chi connectivity index (χ0) is 17.1. The van der Waals surface area contributed by atoms with Gasteiger partial charge < -0.3 is 14.3 Å². The molecule has 1 amide bonds. The first-order valence-corrected chi connectivity index (χ1v) is 8.20. The predicted molar refractivity (Wildman–Crippen MR) is 89.7 cm³/mol. The van der Waals surface area contributed by atoms with Gasteiger partial charge in [-0.2, -0.15) is 0 Å². The van der Waals surface area contributed by atoms with Crippen molar-refractivity contribution in [1.29, 1.82) is 0 Å². The molecule has 1 aromatic carbocycles. The van der Waals surface area contributed by atoms with Gasteiger partial charge in [0.2, 0.25) is 11.8 Å². The van der Waals surface area contributed by atoms with Gasteiger partial charge in [0.05, 0.1) is 5.25 Å². The number of benzene rings is 1. The smallest absolute Gasteiger partial charge is 0.277 e. The first-order chi connectivity index (χ1) is 11.5. The number of nitrogens with zero attached hydrogens (tertiary/aromatic N) is 3. The van der Waals surface area contributed by atoms with Crippen LogP contribution < -0.4 is 5.32 Å². The Hall–Kier alpha value is -2.61. The summed E-state index contributed by atoms with van der Waals surface area (Å²) in [6, 6.07) is 9.43. The quantitative estimate of drug-likeness (QED) is 0.708. The van der Waals surface area contributed by atoms with Crippen LogP contribution in [0.3, 0.4) is 0 Å².